The van der Waals surface area contributed by atoms with Gasteiger partial charge in [0.05, 0.1) is 5.56 Å². The fourth-order valence-electron chi connectivity index (χ4n) is 1.73. The van der Waals surface area contributed by atoms with Crippen molar-refractivity contribution < 1.29 is 19.1 Å². The number of rotatable bonds is 1. The van der Waals surface area contributed by atoms with Gasteiger partial charge in [-0.2, -0.15) is 0 Å². The van der Waals surface area contributed by atoms with E-state index in [0.29, 0.717) is 12.0 Å². The number of Topliss-reactive ketones (excluding diaryl/α,β-unsaturated/α-hetero) is 1. The van der Waals surface area contributed by atoms with Crippen molar-refractivity contribution in [3.63, 3.8) is 0 Å². The zero-order valence-corrected chi connectivity index (χ0v) is 7.21. The second-order valence-electron chi connectivity index (χ2n) is 3.22. The van der Waals surface area contributed by atoms with Gasteiger partial charge >= 0.3 is 5.97 Å². The first-order valence-electron chi connectivity index (χ1n) is 4.18. The summed E-state index contributed by atoms with van der Waals surface area (Å²) in [5.41, 5.74) is 0.466. The second kappa shape index (κ2) is 2.90. The van der Waals surface area contributed by atoms with Crippen molar-refractivity contribution in [2.45, 2.75) is 12.8 Å². The minimum Gasteiger partial charge on any atom is -0.478 e. The number of aromatic carboxylic acids is 1. The molecule has 1 N–H and O–H groups in total. The average Bonchev–Trinajstić information content (AvgIpc) is 2.46. The molecule has 0 bridgehead atoms. The maximum absolute atomic E-state index is 12.9. The molecule has 0 aromatic heterocycles. The molecule has 1 aromatic rings. The number of ketones is 1. The Morgan fingerprint density at radius 1 is 1.36 bits per heavy atom. The Hall–Kier alpha value is -1.71. The lowest BCUT2D eigenvalue weighted by Gasteiger charge is -2.02. The van der Waals surface area contributed by atoms with E-state index in [1.807, 2.05) is 0 Å². The van der Waals surface area contributed by atoms with Gasteiger partial charge in [-0.25, -0.2) is 9.18 Å². The van der Waals surface area contributed by atoms with Crippen LogP contribution in [0.2, 0.25) is 0 Å². The summed E-state index contributed by atoms with van der Waals surface area (Å²) >= 11 is 0. The highest BCUT2D eigenvalue weighted by atomic mass is 19.1. The molecule has 0 saturated carbocycles. The number of carbonyl (C=O) groups excluding carboxylic acids is 1. The number of carboxylic acid groups (broad SMARTS) is 1. The summed E-state index contributed by atoms with van der Waals surface area (Å²) in [7, 11) is 0. The Kier molecular flexibility index (Phi) is 1.84. The molecule has 1 aromatic carbocycles. The number of benzene rings is 1. The number of aryl methyl sites for hydroxylation is 1. The average molecular weight is 194 g/mol. The van der Waals surface area contributed by atoms with Gasteiger partial charge in [0.25, 0.3) is 0 Å². The molecule has 1 aliphatic rings. The van der Waals surface area contributed by atoms with E-state index in [-0.39, 0.29) is 23.3 Å². The highest BCUT2D eigenvalue weighted by Crippen LogP contribution is 2.26. The lowest BCUT2D eigenvalue weighted by Crippen LogP contribution is -2.06. The van der Waals surface area contributed by atoms with Gasteiger partial charge in [-0.1, -0.05) is 0 Å². The van der Waals surface area contributed by atoms with Crippen LogP contribution in [0.25, 0.3) is 0 Å². The van der Waals surface area contributed by atoms with E-state index in [1.165, 1.54) is 6.07 Å². The number of fused-ring (bicyclic) bond motifs is 1. The minimum absolute atomic E-state index is 0.180. The standard InChI is InChI=1S/C10H7FO3/c11-6-3-5-1-2-8(12)9(5)7(4-6)10(13)14/h3-4H,1-2H2,(H,13,14). The Balaban J connectivity index is 2.71. The van der Waals surface area contributed by atoms with E-state index in [1.54, 1.807) is 0 Å². The van der Waals surface area contributed by atoms with Crippen LogP contribution in [0.1, 0.15) is 32.7 Å². The molecule has 0 fully saturated rings. The van der Waals surface area contributed by atoms with Crippen molar-refractivity contribution in [3.05, 3.63) is 34.6 Å². The fraction of sp³-hybridized carbons (Fsp3) is 0.200. The lowest BCUT2D eigenvalue weighted by molar-refractivity contribution is 0.0692. The topological polar surface area (TPSA) is 54.4 Å². The number of carboxylic acids is 1. The predicted octanol–water partition coefficient (Wildman–Crippen LogP) is 1.65. The van der Waals surface area contributed by atoms with Crippen molar-refractivity contribution >= 4 is 11.8 Å². The summed E-state index contributed by atoms with van der Waals surface area (Å²) in [6.45, 7) is 0. The molecule has 4 heteroatoms. The van der Waals surface area contributed by atoms with E-state index >= 15 is 0 Å². The van der Waals surface area contributed by atoms with Crippen molar-refractivity contribution in [1.29, 1.82) is 0 Å². The van der Waals surface area contributed by atoms with Gasteiger partial charge in [0.1, 0.15) is 5.82 Å². The minimum atomic E-state index is -1.25. The van der Waals surface area contributed by atoms with E-state index < -0.39 is 11.8 Å². The monoisotopic (exact) mass is 194 g/mol. The zero-order chi connectivity index (χ0) is 10.3. The van der Waals surface area contributed by atoms with Crippen molar-refractivity contribution in [3.8, 4) is 0 Å². The molecular formula is C10H7FO3. The van der Waals surface area contributed by atoms with E-state index in [2.05, 4.69) is 0 Å². The molecule has 0 radical (unpaired) electrons. The summed E-state index contributed by atoms with van der Waals surface area (Å²) in [4.78, 5) is 22.1. The molecule has 0 amide bonds. The quantitative estimate of drug-likeness (QED) is 0.739. The Labute approximate surface area is 79.2 Å². The number of halogens is 1. The SMILES string of the molecule is O=C(O)c1cc(F)cc2c1C(=O)CC2. The maximum Gasteiger partial charge on any atom is 0.336 e. The third kappa shape index (κ3) is 1.19. The summed E-state index contributed by atoms with van der Waals surface area (Å²) in [5.74, 6) is -2.07. The molecule has 14 heavy (non-hydrogen) atoms. The number of carbonyl (C=O) groups is 2. The van der Waals surface area contributed by atoms with Gasteiger partial charge in [-0.3, -0.25) is 4.79 Å². The lowest BCUT2D eigenvalue weighted by atomic mass is 10.0. The fourth-order valence-corrected chi connectivity index (χ4v) is 1.73. The molecule has 0 spiro atoms. The summed E-state index contributed by atoms with van der Waals surface area (Å²) in [6.07, 6.45) is 0.714. The van der Waals surface area contributed by atoms with Gasteiger partial charge in [-0.15, -0.1) is 0 Å². The third-order valence-electron chi connectivity index (χ3n) is 2.32. The Morgan fingerprint density at radius 3 is 2.71 bits per heavy atom. The summed E-state index contributed by atoms with van der Waals surface area (Å²) in [5, 5.41) is 8.77. The number of hydrogen-bond donors (Lipinski definition) is 1. The van der Waals surface area contributed by atoms with Crippen LogP contribution in [0, 0.1) is 5.82 Å². The van der Waals surface area contributed by atoms with Gasteiger partial charge in [0.15, 0.2) is 5.78 Å². The van der Waals surface area contributed by atoms with Crippen molar-refractivity contribution in [1.82, 2.24) is 0 Å². The van der Waals surface area contributed by atoms with Crippen LogP contribution < -0.4 is 0 Å². The third-order valence-corrected chi connectivity index (χ3v) is 2.32. The molecule has 0 atom stereocenters. The molecule has 72 valence electrons. The van der Waals surface area contributed by atoms with Crippen molar-refractivity contribution in [2.24, 2.45) is 0 Å². The van der Waals surface area contributed by atoms with Crippen LogP contribution >= 0.6 is 0 Å². The van der Waals surface area contributed by atoms with Crippen LogP contribution in [0.3, 0.4) is 0 Å². The highest BCUT2D eigenvalue weighted by Gasteiger charge is 2.26. The zero-order valence-electron chi connectivity index (χ0n) is 7.21. The van der Waals surface area contributed by atoms with Gasteiger partial charge in [-0.05, 0) is 24.1 Å². The highest BCUT2D eigenvalue weighted by molar-refractivity contribution is 6.08. The maximum atomic E-state index is 12.9. The second-order valence-corrected chi connectivity index (χ2v) is 3.22. The first-order chi connectivity index (χ1) is 6.59. The normalized spacial score (nSPS) is 14.2. The molecule has 0 heterocycles. The van der Waals surface area contributed by atoms with Crippen molar-refractivity contribution in [2.75, 3.05) is 0 Å². The van der Waals surface area contributed by atoms with E-state index in [9.17, 15) is 14.0 Å². The molecule has 3 nitrogen and oxygen atoms in total. The largest absolute Gasteiger partial charge is 0.478 e. The molecule has 0 saturated heterocycles. The summed E-state index contributed by atoms with van der Waals surface area (Å²) in [6, 6.07) is 2.12. The smallest absolute Gasteiger partial charge is 0.336 e. The van der Waals surface area contributed by atoms with Gasteiger partial charge < -0.3 is 5.11 Å². The van der Waals surface area contributed by atoms with Crippen LogP contribution in [-0.4, -0.2) is 16.9 Å². The van der Waals surface area contributed by atoms with E-state index in [4.69, 9.17) is 5.11 Å². The molecule has 2 rings (SSSR count). The predicted molar refractivity (Wildman–Crippen MR) is 46.0 cm³/mol. The molecule has 1 aliphatic carbocycles. The molecule has 0 unspecified atom stereocenters. The van der Waals surface area contributed by atoms with Crippen LogP contribution in [0.15, 0.2) is 12.1 Å². The number of hydrogen-bond acceptors (Lipinski definition) is 2. The summed E-state index contributed by atoms with van der Waals surface area (Å²) < 4.78 is 12.9. The van der Waals surface area contributed by atoms with E-state index in [0.717, 1.165) is 6.07 Å². The first kappa shape index (κ1) is 8.87. The van der Waals surface area contributed by atoms with Gasteiger partial charge in [0, 0.05) is 12.0 Å². The van der Waals surface area contributed by atoms with Gasteiger partial charge in [0.2, 0.25) is 0 Å². The van der Waals surface area contributed by atoms with Crippen LogP contribution in [0.5, 0.6) is 0 Å². The molecule has 0 aliphatic heterocycles. The van der Waals surface area contributed by atoms with Crippen LogP contribution in [0.4, 0.5) is 4.39 Å². The first-order valence-corrected chi connectivity index (χ1v) is 4.18. The Morgan fingerprint density at radius 2 is 2.07 bits per heavy atom. The molecular weight excluding hydrogens is 187 g/mol. The van der Waals surface area contributed by atoms with Crippen LogP contribution in [-0.2, 0) is 6.42 Å². The Bertz CT molecular complexity index is 437.